The van der Waals surface area contributed by atoms with E-state index in [1.165, 1.54) is 16.7 Å². The first kappa shape index (κ1) is 11.9. The summed E-state index contributed by atoms with van der Waals surface area (Å²) in [6.45, 7) is 1.45. The molecule has 1 aliphatic heterocycles. The van der Waals surface area contributed by atoms with Crippen molar-refractivity contribution in [1.82, 2.24) is 0 Å². The number of ether oxygens (including phenoxy) is 1. The molecule has 2 N–H and O–H groups in total. The fourth-order valence-electron chi connectivity index (χ4n) is 2.51. The van der Waals surface area contributed by atoms with Crippen LogP contribution < -0.4 is 5.73 Å². The molecule has 0 radical (unpaired) electrons. The molecular weight excluding hydrogens is 238 g/mol. The molecule has 0 saturated heterocycles. The van der Waals surface area contributed by atoms with Crippen LogP contribution in [0.4, 0.5) is 0 Å². The van der Waals surface area contributed by atoms with Crippen molar-refractivity contribution in [3.8, 4) is 11.1 Å². The van der Waals surface area contributed by atoms with Crippen molar-refractivity contribution in [3.63, 3.8) is 0 Å². The third kappa shape index (κ3) is 2.25. The van der Waals surface area contributed by atoms with Gasteiger partial charge in [0.1, 0.15) is 0 Å². The summed E-state index contributed by atoms with van der Waals surface area (Å²) in [6, 6.07) is 13.7. The van der Waals surface area contributed by atoms with Gasteiger partial charge < -0.3 is 10.5 Å². The summed E-state index contributed by atoms with van der Waals surface area (Å²) in [5.41, 5.74) is 10.7. The Labute approximate surface area is 112 Å². The Morgan fingerprint density at radius 2 is 1.89 bits per heavy atom. The van der Waals surface area contributed by atoms with Crippen LogP contribution in [0.3, 0.4) is 0 Å². The second-order valence-corrected chi connectivity index (χ2v) is 4.69. The lowest BCUT2D eigenvalue weighted by Crippen LogP contribution is -2.11. The van der Waals surface area contributed by atoms with Crippen LogP contribution in [0.1, 0.15) is 21.5 Å². The van der Waals surface area contributed by atoms with Gasteiger partial charge in [-0.25, -0.2) is 0 Å². The Bertz CT molecular complexity index is 617. The summed E-state index contributed by atoms with van der Waals surface area (Å²) in [5.74, 6) is -0.393. The van der Waals surface area contributed by atoms with E-state index >= 15 is 0 Å². The number of carbonyl (C=O) groups is 1. The van der Waals surface area contributed by atoms with Crippen molar-refractivity contribution in [2.45, 2.75) is 13.0 Å². The smallest absolute Gasteiger partial charge is 0.248 e. The predicted octanol–water partition coefficient (Wildman–Crippen LogP) is 2.53. The van der Waals surface area contributed by atoms with Crippen molar-refractivity contribution < 1.29 is 9.53 Å². The van der Waals surface area contributed by atoms with Crippen LogP contribution in [0.5, 0.6) is 0 Å². The van der Waals surface area contributed by atoms with Gasteiger partial charge in [-0.3, -0.25) is 4.79 Å². The molecule has 1 heterocycles. The van der Waals surface area contributed by atoms with Gasteiger partial charge in [0.25, 0.3) is 0 Å². The Morgan fingerprint density at radius 1 is 1.11 bits per heavy atom. The van der Waals surface area contributed by atoms with E-state index in [-0.39, 0.29) is 0 Å². The van der Waals surface area contributed by atoms with E-state index in [4.69, 9.17) is 10.5 Å². The van der Waals surface area contributed by atoms with Crippen molar-refractivity contribution in [2.24, 2.45) is 5.73 Å². The van der Waals surface area contributed by atoms with E-state index in [0.717, 1.165) is 18.6 Å². The number of amides is 1. The number of primary amides is 1. The van der Waals surface area contributed by atoms with Crippen LogP contribution in [-0.4, -0.2) is 12.5 Å². The van der Waals surface area contributed by atoms with Crippen LogP contribution >= 0.6 is 0 Å². The van der Waals surface area contributed by atoms with Crippen LogP contribution in [0.25, 0.3) is 11.1 Å². The molecule has 0 spiro atoms. The van der Waals surface area contributed by atoms with Crippen molar-refractivity contribution >= 4 is 5.91 Å². The molecule has 0 atom stereocenters. The highest BCUT2D eigenvalue weighted by atomic mass is 16.5. The third-order valence-electron chi connectivity index (χ3n) is 3.51. The number of carbonyl (C=O) groups excluding carboxylic acids is 1. The highest BCUT2D eigenvalue weighted by Crippen LogP contribution is 2.29. The molecule has 1 aliphatic rings. The lowest BCUT2D eigenvalue weighted by Gasteiger charge is -2.20. The maximum absolute atomic E-state index is 11.1. The van der Waals surface area contributed by atoms with Gasteiger partial charge >= 0.3 is 0 Å². The topological polar surface area (TPSA) is 52.3 Å². The zero-order chi connectivity index (χ0) is 13.2. The molecule has 3 nitrogen and oxygen atoms in total. The number of benzene rings is 2. The Morgan fingerprint density at radius 3 is 2.63 bits per heavy atom. The van der Waals surface area contributed by atoms with E-state index in [9.17, 15) is 4.79 Å². The van der Waals surface area contributed by atoms with E-state index in [2.05, 4.69) is 12.1 Å². The monoisotopic (exact) mass is 253 g/mol. The van der Waals surface area contributed by atoms with Gasteiger partial charge in [-0.2, -0.15) is 0 Å². The van der Waals surface area contributed by atoms with Gasteiger partial charge in [0.05, 0.1) is 13.2 Å². The number of hydrogen-bond acceptors (Lipinski definition) is 2. The summed E-state index contributed by atoms with van der Waals surface area (Å²) in [4.78, 5) is 11.1. The molecule has 96 valence electrons. The molecule has 0 unspecified atom stereocenters. The molecule has 0 aromatic heterocycles. The number of fused-ring (bicyclic) bond motifs is 1. The summed E-state index contributed by atoms with van der Waals surface area (Å²) >= 11 is 0. The minimum Gasteiger partial charge on any atom is -0.376 e. The highest BCUT2D eigenvalue weighted by Gasteiger charge is 2.14. The fraction of sp³-hybridized carbons (Fsp3) is 0.188. The summed E-state index contributed by atoms with van der Waals surface area (Å²) in [6.07, 6.45) is 0.934. The largest absolute Gasteiger partial charge is 0.376 e. The average Bonchev–Trinajstić information content (AvgIpc) is 2.47. The second kappa shape index (κ2) is 4.86. The number of hydrogen-bond donors (Lipinski definition) is 1. The van der Waals surface area contributed by atoms with Crippen molar-refractivity contribution in [1.29, 1.82) is 0 Å². The van der Waals surface area contributed by atoms with E-state index < -0.39 is 5.91 Å². The van der Waals surface area contributed by atoms with E-state index in [1.807, 2.05) is 18.2 Å². The first-order chi connectivity index (χ1) is 9.25. The highest BCUT2D eigenvalue weighted by molar-refractivity contribution is 5.93. The first-order valence-corrected chi connectivity index (χ1v) is 6.34. The van der Waals surface area contributed by atoms with Gasteiger partial charge in [0, 0.05) is 5.56 Å². The Hall–Kier alpha value is -2.13. The molecule has 3 heteroatoms. The van der Waals surface area contributed by atoms with Gasteiger partial charge in [0.15, 0.2) is 0 Å². The standard InChI is InChI=1S/C16H15NO2/c17-16(18)12-6-4-11(5-7-12)14-3-1-2-13-10-19-9-8-15(13)14/h1-7H,8-10H2,(H2,17,18). The zero-order valence-corrected chi connectivity index (χ0v) is 10.6. The molecule has 0 aliphatic carbocycles. The molecule has 0 bridgehead atoms. The van der Waals surface area contributed by atoms with Crippen molar-refractivity contribution in [3.05, 3.63) is 59.2 Å². The molecule has 2 aromatic rings. The second-order valence-electron chi connectivity index (χ2n) is 4.69. The SMILES string of the molecule is NC(=O)c1ccc(-c2cccc3c2CCOC3)cc1. The van der Waals surface area contributed by atoms with Crippen LogP contribution in [-0.2, 0) is 17.8 Å². The minimum atomic E-state index is -0.393. The van der Waals surface area contributed by atoms with Crippen molar-refractivity contribution in [2.75, 3.05) is 6.61 Å². The zero-order valence-electron chi connectivity index (χ0n) is 10.6. The molecule has 0 fully saturated rings. The van der Waals surface area contributed by atoms with Crippen LogP contribution in [0.2, 0.25) is 0 Å². The minimum absolute atomic E-state index is 0.393. The predicted molar refractivity (Wildman–Crippen MR) is 73.8 cm³/mol. The van der Waals surface area contributed by atoms with Gasteiger partial charge in [0.2, 0.25) is 5.91 Å². The Balaban J connectivity index is 2.04. The number of rotatable bonds is 2. The van der Waals surface area contributed by atoms with Crippen LogP contribution in [0.15, 0.2) is 42.5 Å². The van der Waals surface area contributed by atoms with Gasteiger partial charge in [-0.1, -0.05) is 30.3 Å². The first-order valence-electron chi connectivity index (χ1n) is 6.34. The quantitative estimate of drug-likeness (QED) is 0.894. The molecular formula is C16H15NO2. The maximum Gasteiger partial charge on any atom is 0.248 e. The summed E-state index contributed by atoms with van der Waals surface area (Å²) < 4.78 is 5.48. The van der Waals surface area contributed by atoms with Crippen LogP contribution in [0, 0.1) is 0 Å². The summed E-state index contributed by atoms with van der Waals surface area (Å²) in [7, 11) is 0. The molecule has 1 amide bonds. The van der Waals surface area contributed by atoms with E-state index in [1.54, 1.807) is 12.1 Å². The summed E-state index contributed by atoms with van der Waals surface area (Å²) in [5, 5.41) is 0. The van der Waals surface area contributed by atoms with Gasteiger partial charge in [-0.15, -0.1) is 0 Å². The molecule has 0 saturated carbocycles. The normalized spacial score (nSPS) is 13.9. The third-order valence-corrected chi connectivity index (χ3v) is 3.51. The molecule has 3 rings (SSSR count). The van der Waals surface area contributed by atoms with E-state index in [0.29, 0.717) is 12.2 Å². The number of nitrogens with two attached hydrogens (primary N) is 1. The fourth-order valence-corrected chi connectivity index (χ4v) is 2.51. The molecule has 2 aromatic carbocycles. The molecule has 19 heavy (non-hydrogen) atoms. The van der Waals surface area contributed by atoms with Gasteiger partial charge in [-0.05, 0) is 40.8 Å². The lowest BCUT2D eigenvalue weighted by molar-refractivity contribution is 0.100. The Kier molecular flexibility index (Phi) is 3.05. The lowest BCUT2D eigenvalue weighted by atomic mass is 9.92. The average molecular weight is 253 g/mol. The maximum atomic E-state index is 11.1.